The van der Waals surface area contributed by atoms with Gasteiger partial charge in [0.1, 0.15) is 11.6 Å². The van der Waals surface area contributed by atoms with Crippen molar-refractivity contribution in [2.45, 2.75) is 19.1 Å². The summed E-state index contributed by atoms with van der Waals surface area (Å²) in [5.74, 6) is -2.03. The molecule has 35 heavy (non-hydrogen) atoms. The Morgan fingerprint density at radius 1 is 0.943 bits per heavy atom. The topological polar surface area (TPSA) is 52.7 Å². The number of halogens is 5. The van der Waals surface area contributed by atoms with E-state index in [0.29, 0.717) is 25.2 Å². The summed E-state index contributed by atoms with van der Waals surface area (Å²) in [7, 11) is 0. The third-order valence-corrected chi connectivity index (χ3v) is 5.58. The average molecular weight is 489 g/mol. The van der Waals surface area contributed by atoms with Crippen LogP contribution in [0.3, 0.4) is 0 Å². The maximum atomic E-state index is 14.1. The third-order valence-electron chi connectivity index (χ3n) is 5.58. The molecule has 3 aromatic rings. The number of nitrogens with zero attached hydrogens (tertiary/aromatic N) is 2. The number of carbonyl (C=O) groups excluding carboxylic acids is 2. The van der Waals surface area contributed by atoms with Crippen molar-refractivity contribution in [3.8, 4) is 0 Å². The fraction of sp³-hybridized carbons (Fsp3) is 0.200. The summed E-state index contributed by atoms with van der Waals surface area (Å²) in [6.45, 7) is 0.485. The monoisotopic (exact) mass is 489 g/mol. The predicted molar refractivity (Wildman–Crippen MR) is 120 cm³/mol. The number of alkyl halides is 3. The van der Waals surface area contributed by atoms with Crippen molar-refractivity contribution in [1.29, 1.82) is 0 Å². The van der Waals surface area contributed by atoms with Gasteiger partial charge in [0.25, 0.3) is 5.91 Å². The van der Waals surface area contributed by atoms with Gasteiger partial charge in [0.05, 0.1) is 23.5 Å². The van der Waals surface area contributed by atoms with Gasteiger partial charge in [0, 0.05) is 24.2 Å². The quantitative estimate of drug-likeness (QED) is 0.443. The molecule has 182 valence electrons. The van der Waals surface area contributed by atoms with E-state index in [0.717, 1.165) is 36.4 Å². The third kappa shape index (κ3) is 5.42. The van der Waals surface area contributed by atoms with Crippen molar-refractivity contribution in [2.24, 2.45) is 0 Å². The van der Waals surface area contributed by atoms with Crippen molar-refractivity contribution in [2.75, 3.05) is 23.3 Å². The predicted octanol–water partition coefficient (Wildman–Crippen LogP) is 6.07. The molecule has 3 aromatic carbocycles. The summed E-state index contributed by atoms with van der Waals surface area (Å²) in [6, 6.07) is 12.9. The van der Waals surface area contributed by atoms with Crippen LogP contribution < -0.4 is 10.2 Å². The molecular formula is C25H20F5N3O2. The summed E-state index contributed by atoms with van der Waals surface area (Å²) in [5.41, 5.74) is -0.553. The number of anilines is 2. The first-order valence-corrected chi connectivity index (χ1v) is 10.7. The van der Waals surface area contributed by atoms with E-state index in [4.69, 9.17) is 0 Å². The molecule has 4 rings (SSSR count). The molecule has 1 N–H and O–H groups in total. The highest BCUT2D eigenvalue weighted by Crippen LogP contribution is 2.32. The first kappa shape index (κ1) is 24.2. The number of benzene rings is 3. The smallest absolute Gasteiger partial charge is 0.320 e. The van der Waals surface area contributed by atoms with E-state index in [1.165, 1.54) is 21.9 Å². The molecule has 0 aromatic heterocycles. The Morgan fingerprint density at radius 3 is 2.49 bits per heavy atom. The molecule has 0 bridgehead atoms. The SMILES string of the molecule is O=C(Nc1ccccc1N1CCCN(Cc2cc(F)ccc2F)C1=O)c1cccc(C(F)(F)F)c1. The first-order valence-electron chi connectivity index (χ1n) is 10.7. The fourth-order valence-corrected chi connectivity index (χ4v) is 3.87. The van der Waals surface area contributed by atoms with Crippen LogP contribution in [0.5, 0.6) is 0 Å². The summed E-state index contributed by atoms with van der Waals surface area (Å²) in [6.07, 6.45) is -4.07. The molecule has 0 radical (unpaired) electrons. The number of hydrogen-bond donors (Lipinski definition) is 1. The number of amides is 3. The Kier molecular flexibility index (Phi) is 6.72. The number of urea groups is 1. The van der Waals surface area contributed by atoms with Crippen LogP contribution >= 0.6 is 0 Å². The van der Waals surface area contributed by atoms with E-state index in [2.05, 4.69) is 5.32 Å². The minimum Gasteiger partial charge on any atom is -0.320 e. The lowest BCUT2D eigenvalue weighted by Crippen LogP contribution is -2.49. The van der Waals surface area contributed by atoms with E-state index in [9.17, 15) is 31.5 Å². The Morgan fingerprint density at radius 2 is 1.71 bits per heavy atom. The van der Waals surface area contributed by atoms with Crippen molar-refractivity contribution in [1.82, 2.24) is 4.90 Å². The number of carbonyl (C=O) groups is 2. The molecule has 1 aliphatic rings. The number of hydrogen-bond acceptors (Lipinski definition) is 2. The Hall–Kier alpha value is -3.95. The van der Waals surface area contributed by atoms with Crippen molar-refractivity contribution in [3.05, 3.63) is 95.1 Å². The molecule has 0 spiro atoms. The van der Waals surface area contributed by atoms with Gasteiger partial charge in [-0.05, 0) is 55.0 Å². The van der Waals surface area contributed by atoms with Gasteiger partial charge in [0.15, 0.2) is 0 Å². The van der Waals surface area contributed by atoms with Crippen LogP contribution in [0.4, 0.5) is 38.1 Å². The standard InChI is InChI=1S/C25H20F5N3O2/c26-19-9-10-20(27)17(14-19)15-32-11-4-12-33(24(32)35)22-8-2-1-7-21(22)31-23(34)16-5-3-6-18(13-16)25(28,29)30/h1-3,5-10,13-14H,4,11-12,15H2,(H,31,34). The normalized spacial score (nSPS) is 14.3. The summed E-state index contributed by atoms with van der Waals surface area (Å²) >= 11 is 0. The molecule has 1 saturated heterocycles. The molecular weight excluding hydrogens is 469 g/mol. The van der Waals surface area contributed by atoms with Gasteiger partial charge in [-0.15, -0.1) is 0 Å². The van der Waals surface area contributed by atoms with Gasteiger partial charge in [-0.1, -0.05) is 18.2 Å². The highest BCUT2D eigenvalue weighted by molar-refractivity contribution is 6.07. The molecule has 0 unspecified atom stereocenters. The number of nitrogens with one attached hydrogen (secondary N) is 1. The second kappa shape index (κ2) is 9.73. The van der Waals surface area contributed by atoms with Crippen molar-refractivity contribution >= 4 is 23.3 Å². The van der Waals surface area contributed by atoms with Gasteiger partial charge in [-0.25, -0.2) is 13.6 Å². The van der Waals surface area contributed by atoms with Gasteiger partial charge in [0.2, 0.25) is 0 Å². The van der Waals surface area contributed by atoms with E-state index < -0.39 is 35.3 Å². The van der Waals surface area contributed by atoms with Gasteiger partial charge >= 0.3 is 12.2 Å². The zero-order valence-corrected chi connectivity index (χ0v) is 18.3. The number of para-hydroxylation sites is 2. The van der Waals surface area contributed by atoms with Gasteiger partial charge in [-0.3, -0.25) is 9.69 Å². The maximum absolute atomic E-state index is 14.1. The second-order valence-electron chi connectivity index (χ2n) is 7.99. The van der Waals surface area contributed by atoms with Crippen LogP contribution in [-0.2, 0) is 12.7 Å². The van der Waals surface area contributed by atoms with Crippen LogP contribution in [0.2, 0.25) is 0 Å². The molecule has 0 atom stereocenters. The minimum absolute atomic E-state index is 0.0336. The fourth-order valence-electron chi connectivity index (χ4n) is 3.87. The summed E-state index contributed by atoms with van der Waals surface area (Å²) < 4.78 is 66.7. The summed E-state index contributed by atoms with van der Waals surface area (Å²) in [5, 5.41) is 2.58. The minimum atomic E-state index is -4.60. The lowest BCUT2D eigenvalue weighted by Gasteiger charge is -2.36. The molecule has 1 fully saturated rings. The first-order chi connectivity index (χ1) is 16.6. The molecule has 3 amide bonds. The highest BCUT2D eigenvalue weighted by atomic mass is 19.4. The highest BCUT2D eigenvalue weighted by Gasteiger charge is 2.32. The van der Waals surface area contributed by atoms with Crippen LogP contribution in [0, 0.1) is 11.6 Å². The van der Waals surface area contributed by atoms with E-state index >= 15 is 0 Å². The molecule has 10 heteroatoms. The molecule has 0 aliphatic carbocycles. The number of rotatable bonds is 5. The Labute approximate surface area is 197 Å². The van der Waals surface area contributed by atoms with E-state index in [-0.39, 0.29) is 23.4 Å². The van der Waals surface area contributed by atoms with Crippen LogP contribution in [0.25, 0.3) is 0 Å². The Balaban J connectivity index is 1.56. The zero-order chi connectivity index (χ0) is 25.2. The lowest BCUT2D eigenvalue weighted by atomic mass is 10.1. The largest absolute Gasteiger partial charge is 0.416 e. The average Bonchev–Trinajstić information content (AvgIpc) is 2.83. The lowest BCUT2D eigenvalue weighted by molar-refractivity contribution is -0.137. The van der Waals surface area contributed by atoms with Crippen LogP contribution in [0.1, 0.15) is 27.9 Å². The van der Waals surface area contributed by atoms with Crippen LogP contribution in [0.15, 0.2) is 66.7 Å². The van der Waals surface area contributed by atoms with Gasteiger partial charge < -0.3 is 10.2 Å². The Bertz CT molecular complexity index is 1260. The molecule has 5 nitrogen and oxygen atoms in total. The van der Waals surface area contributed by atoms with Crippen molar-refractivity contribution < 1.29 is 31.5 Å². The molecule has 1 aliphatic heterocycles. The maximum Gasteiger partial charge on any atom is 0.416 e. The van der Waals surface area contributed by atoms with E-state index in [1.807, 2.05) is 0 Å². The van der Waals surface area contributed by atoms with E-state index in [1.54, 1.807) is 18.2 Å². The second-order valence-corrected chi connectivity index (χ2v) is 7.99. The van der Waals surface area contributed by atoms with Gasteiger partial charge in [-0.2, -0.15) is 13.2 Å². The summed E-state index contributed by atoms with van der Waals surface area (Å²) in [4.78, 5) is 28.7. The molecule has 1 heterocycles. The van der Waals surface area contributed by atoms with Crippen molar-refractivity contribution in [3.63, 3.8) is 0 Å². The zero-order valence-electron chi connectivity index (χ0n) is 18.3. The van der Waals surface area contributed by atoms with Crippen LogP contribution in [-0.4, -0.2) is 29.9 Å². The molecule has 0 saturated carbocycles.